The molecule has 1 atom stereocenters. The van der Waals surface area contributed by atoms with Gasteiger partial charge in [0.05, 0.1) is 5.69 Å². The van der Waals surface area contributed by atoms with E-state index >= 15 is 0 Å². The molecule has 0 aliphatic rings. The second-order valence-electron chi connectivity index (χ2n) is 3.98. The summed E-state index contributed by atoms with van der Waals surface area (Å²) in [5, 5.41) is 0. The van der Waals surface area contributed by atoms with E-state index in [-0.39, 0.29) is 11.7 Å². The van der Waals surface area contributed by atoms with Crippen LogP contribution in [0.15, 0.2) is 41.5 Å². The van der Waals surface area contributed by atoms with E-state index in [1.165, 1.54) is 5.56 Å². The molecular weight excluding hydrogens is 202 g/mol. The monoisotopic (exact) mass is 217 g/mol. The summed E-state index contributed by atoms with van der Waals surface area (Å²) in [5.41, 5.74) is 7.64. The number of aromatic nitrogens is 2. The lowest BCUT2D eigenvalue weighted by atomic mass is 10.1. The van der Waals surface area contributed by atoms with Crippen molar-refractivity contribution in [3.8, 4) is 5.69 Å². The molecule has 84 valence electrons. The minimum Gasteiger partial charge on any atom is -0.328 e. The minimum absolute atomic E-state index is 0.125. The standard InChI is InChI=1S/C12H15N3O/c1-9(13)8-10-2-4-11(5-3-10)15-7-6-14-12(15)16/h2-7,9H,8,13H2,1H3,(H,14,16). The predicted molar refractivity (Wildman–Crippen MR) is 63.7 cm³/mol. The number of nitrogens with zero attached hydrogens (tertiary/aromatic N) is 1. The van der Waals surface area contributed by atoms with Crippen molar-refractivity contribution in [2.45, 2.75) is 19.4 Å². The first-order valence-electron chi connectivity index (χ1n) is 5.28. The maximum Gasteiger partial charge on any atom is 0.330 e. The van der Waals surface area contributed by atoms with Crippen LogP contribution in [0, 0.1) is 0 Å². The lowest BCUT2D eigenvalue weighted by molar-refractivity contribution is 0.738. The van der Waals surface area contributed by atoms with Gasteiger partial charge in [-0.05, 0) is 31.0 Å². The van der Waals surface area contributed by atoms with E-state index in [2.05, 4.69) is 4.98 Å². The van der Waals surface area contributed by atoms with Gasteiger partial charge in [-0.1, -0.05) is 12.1 Å². The quantitative estimate of drug-likeness (QED) is 0.807. The van der Waals surface area contributed by atoms with Crippen molar-refractivity contribution < 1.29 is 0 Å². The average molecular weight is 217 g/mol. The number of benzene rings is 1. The highest BCUT2D eigenvalue weighted by atomic mass is 16.1. The molecule has 0 saturated heterocycles. The fourth-order valence-corrected chi connectivity index (χ4v) is 1.69. The lowest BCUT2D eigenvalue weighted by Gasteiger charge is -2.06. The van der Waals surface area contributed by atoms with Gasteiger partial charge in [0.25, 0.3) is 0 Å². The Morgan fingerprint density at radius 2 is 2.06 bits per heavy atom. The van der Waals surface area contributed by atoms with Crippen LogP contribution >= 0.6 is 0 Å². The first kappa shape index (κ1) is 10.7. The van der Waals surface area contributed by atoms with Crippen molar-refractivity contribution in [2.75, 3.05) is 0 Å². The lowest BCUT2D eigenvalue weighted by Crippen LogP contribution is -2.18. The van der Waals surface area contributed by atoms with E-state index in [1.807, 2.05) is 31.2 Å². The van der Waals surface area contributed by atoms with E-state index in [1.54, 1.807) is 17.0 Å². The molecule has 16 heavy (non-hydrogen) atoms. The van der Waals surface area contributed by atoms with Gasteiger partial charge in [0, 0.05) is 18.4 Å². The topological polar surface area (TPSA) is 63.8 Å². The molecule has 0 aliphatic carbocycles. The Hall–Kier alpha value is -1.81. The molecular formula is C12H15N3O. The summed E-state index contributed by atoms with van der Waals surface area (Å²) in [4.78, 5) is 14.0. The third-order valence-electron chi connectivity index (χ3n) is 2.42. The van der Waals surface area contributed by atoms with Crippen LogP contribution < -0.4 is 11.4 Å². The smallest absolute Gasteiger partial charge is 0.328 e. The maximum absolute atomic E-state index is 11.4. The number of nitrogens with two attached hydrogens (primary N) is 1. The molecule has 0 amide bonds. The van der Waals surface area contributed by atoms with Crippen molar-refractivity contribution in [2.24, 2.45) is 5.73 Å². The largest absolute Gasteiger partial charge is 0.330 e. The van der Waals surface area contributed by atoms with Crippen molar-refractivity contribution in [1.82, 2.24) is 9.55 Å². The normalized spacial score (nSPS) is 12.6. The molecule has 4 nitrogen and oxygen atoms in total. The molecule has 0 radical (unpaired) electrons. The summed E-state index contributed by atoms with van der Waals surface area (Å²) >= 11 is 0. The zero-order valence-corrected chi connectivity index (χ0v) is 9.18. The van der Waals surface area contributed by atoms with Gasteiger partial charge in [-0.15, -0.1) is 0 Å². The van der Waals surface area contributed by atoms with Crippen LogP contribution in [0.3, 0.4) is 0 Å². The molecule has 0 saturated carbocycles. The summed E-state index contributed by atoms with van der Waals surface area (Å²) in [5.74, 6) is 0. The van der Waals surface area contributed by atoms with Crippen molar-refractivity contribution in [1.29, 1.82) is 0 Å². The van der Waals surface area contributed by atoms with E-state index in [0.29, 0.717) is 0 Å². The number of hydrogen-bond donors (Lipinski definition) is 2. The molecule has 3 N–H and O–H groups in total. The predicted octanol–water partition coefficient (Wildman–Crippen LogP) is 1.06. The highest BCUT2D eigenvalue weighted by Gasteiger charge is 2.01. The van der Waals surface area contributed by atoms with Gasteiger partial charge in [0.1, 0.15) is 0 Å². The average Bonchev–Trinajstić information content (AvgIpc) is 2.65. The second kappa shape index (κ2) is 4.37. The van der Waals surface area contributed by atoms with E-state index in [4.69, 9.17) is 5.73 Å². The third kappa shape index (κ3) is 2.23. The summed E-state index contributed by atoms with van der Waals surface area (Å²) in [6, 6.07) is 8.00. The summed E-state index contributed by atoms with van der Waals surface area (Å²) < 4.78 is 1.57. The van der Waals surface area contributed by atoms with Crippen LogP contribution in [0.5, 0.6) is 0 Å². The molecule has 2 aromatic rings. The number of H-pyrrole nitrogens is 1. The zero-order valence-electron chi connectivity index (χ0n) is 9.18. The molecule has 2 rings (SSSR count). The van der Waals surface area contributed by atoms with Crippen molar-refractivity contribution in [3.05, 3.63) is 52.7 Å². The van der Waals surface area contributed by atoms with Gasteiger partial charge in [-0.25, -0.2) is 4.79 Å². The first-order valence-corrected chi connectivity index (χ1v) is 5.28. The van der Waals surface area contributed by atoms with Crippen LogP contribution in [0.4, 0.5) is 0 Å². The molecule has 1 aromatic carbocycles. The molecule has 4 heteroatoms. The number of nitrogens with one attached hydrogen (secondary N) is 1. The van der Waals surface area contributed by atoms with Gasteiger partial charge in [0.15, 0.2) is 0 Å². The van der Waals surface area contributed by atoms with Crippen LogP contribution in [0.1, 0.15) is 12.5 Å². The van der Waals surface area contributed by atoms with E-state index in [0.717, 1.165) is 12.1 Å². The SMILES string of the molecule is CC(N)Cc1ccc(-n2cc[nH]c2=O)cc1. The molecule has 0 aliphatic heterocycles. The molecule has 1 unspecified atom stereocenters. The summed E-state index contributed by atoms with van der Waals surface area (Å²) in [6.45, 7) is 1.98. The molecule has 1 heterocycles. The highest BCUT2D eigenvalue weighted by molar-refractivity contribution is 5.34. The van der Waals surface area contributed by atoms with Crippen LogP contribution in [-0.4, -0.2) is 15.6 Å². The van der Waals surface area contributed by atoms with Crippen LogP contribution in [0.2, 0.25) is 0 Å². The van der Waals surface area contributed by atoms with Crippen LogP contribution in [-0.2, 0) is 6.42 Å². The molecule has 0 fully saturated rings. The van der Waals surface area contributed by atoms with Gasteiger partial charge in [0.2, 0.25) is 0 Å². The first-order chi connectivity index (χ1) is 7.66. The zero-order chi connectivity index (χ0) is 11.5. The maximum atomic E-state index is 11.4. The van der Waals surface area contributed by atoms with Crippen molar-refractivity contribution >= 4 is 0 Å². The summed E-state index contributed by atoms with van der Waals surface area (Å²) in [7, 11) is 0. The fraction of sp³-hybridized carbons (Fsp3) is 0.250. The third-order valence-corrected chi connectivity index (χ3v) is 2.42. The van der Waals surface area contributed by atoms with E-state index < -0.39 is 0 Å². The van der Waals surface area contributed by atoms with E-state index in [9.17, 15) is 4.79 Å². The Bertz CT molecular complexity index is 508. The van der Waals surface area contributed by atoms with Gasteiger partial charge >= 0.3 is 5.69 Å². The number of aromatic amines is 1. The molecule has 1 aromatic heterocycles. The Labute approximate surface area is 93.7 Å². The Balaban J connectivity index is 2.26. The summed E-state index contributed by atoms with van der Waals surface area (Å²) in [6.07, 6.45) is 4.18. The number of rotatable bonds is 3. The van der Waals surface area contributed by atoms with Gasteiger partial charge in [-0.3, -0.25) is 4.57 Å². The second-order valence-corrected chi connectivity index (χ2v) is 3.98. The molecule has 0 spiro atoms. The van der Waals surface area contributed by atoms with Crippen molar-refractivity contribution in [3.63, 3.8) is 0 Å². The fourth-order valence-electron chi connectivity index (χ4n) is 1.69. The highest BCUT2D eigenvalue weighted by Crippen LogP contribution is 2.08. The Kier molecular flexibility index (Phi) is 2.92. The van der Waals surface area contributed by atoms with Gasteiger partial charge < -0.3 is 10.7 Å². The van der Waals surface area contributed by atoms with Crippen LogP contribution in [0.25, 0.3) is 5.69 Å². The molecule has 0 bridgehead atoms. The van der Waals surface area contributed by atoms with Gasteiger partial charge in [-0.2, -0.15) is 0 Å². The number of hydrogen-bond acceptors (Lipinski definition) is 2. The minimum atomic E-state index is -0.125. The Morgan fingerprint density at radius 3 is 2.56 bits per heavy atom. The number of imidazole rings is 1. The Morgan fingerprint density at radius 1 is 1.38 bits per heavy atom.